The number of ether oxygens (including phenoxy) is 1. The number of benzene rings is 1. The van der Waals surface area contributed by atoms with Crippen LogP contribution < -0.4 is 4.74 Å². The molecule has 0 amide bonds. The van der Waals surface area contributed by atoms with Gasteiger partial charge in [-0.05, 0) is 43.4 Å². The topological polar surface area (TPSA) is 29.5 Å². The molecule has 0 aliphatic heterocycles. The molecule has 0 atom stereocenters. The van der Waals surface area contributed by atoms with Gasteiger partial charge in [-0.1, -0.05) is 32.9 Å². The van der Waals surface area contributed by atoms with E-state index in [-0.39, 0.29) is 0 Å². The van der Waals surface area contributed by atoms with Gasteiger partial charge in [-0.25, -0.2) is 0 Å². The Balaban J connectivity index is 2.86. The summed E-state index contributed by atoms with van der Waals surface area (Å²) in [5, 5.41) is 9.66. The van der Waals surface area contributed by atoms with Gasteiger partial charge in [0.05, 0.1) is 5.60 Å². The number of aliphatic hydroxyl groups is 1. The van der Waals surface area contributed by atoms with Gasteiger partial charge >= 0.3 is 0 Å². The highest BCUT2D eigenvalue weighted by molar-refractivity contribution is 5.38. The quantitative estimate of drug-likeness (QED) is 0.847. The van der Waals surface area contributed by atoms with Crippen molar-refractivity contribution in [3.63, 3.8) is 0 Å². The zero-order chi connectivity index (χ0) is 13.1. The van der Waals surface area contributed by atoms with Gasteiger partial charge in [-0.15, -0.1) is 0 Å². The van der Waals surface area contributed by atoms with Crippen molar-refractivity contribution in [1.29, 1.82) is 0 Å². The summed E-state index contributed by atoms with van der Waals surface area (Å²) < 4.78 is 5.68. The summed E-state index contributed by atoms with van der Waals surface area (Å²) in [5.74, 6) is 1.42. The highest BCUT2D eigenvalue weighted by atomic mass is 16.5. The molecule has 2 heteroatoms. The van der Waals surface area contributed by atoms with E-state index in [0.29, 0.717) is 12.5 Å². The SMILES string of the molecule is CCc1cc(C(C)C)ccc1OCC(C)(C)O. The Hall–Kier alpha value is -1.02. The molecule has 0 aliphatic rings. The first-order valence-corrected chi connectivity index (χ1v) is 6.31. The third kappa shape index (κ3) is 4.39. The van der Waals surface area contributed by atoms with E-state index in [0.717, 1.165) is 12.2 Å². The summed E-state index contributed by atoms with van der Waals surface area (Å²) in [6, 6.07) is 6.31. The van der Waals surface area contributed by atoms with E-state index in [1.807, 2.05) is 6.07 Å². The van der Waals surface area contributed by atoms with Gasteiger partial charge in [0, 0.05) is 0 Å². The Kier molecular flexibility index (Phi) is 4.58. The van der Waals surface area contributed by atoms with Crippen molar-refractivity contribution in [3.05, 3.63) is 29.3 Å². The second-order valence-electron chi connectivity index (χ2n) is 5.48. The Morgan fingerprint density at radius 1 is 1.29 bits per heavy atom. The largest absolute Gasteiger partial charge is 0.490 e. The van der Waals surface area contributed by atoms with Gasteiger partial charge in [-0.2, -0.15) is 0 Å². The van der Waals surface area contributed by atoms with Gasteiger partial charge in [0.25, 0.3) is 0 Å². The molecule has 0 spiro atoms. The third-order valence-electron chi connectivity index (χ3n) is 2.71. The highest BCUT2D eigenvalue weighted by Crippen LogP contribution is 2.25. The summed E-state index contributed by atoms with van der Waals surface area (Å²) >= 11 is 0. The number of hydrogen-bond donors (Lipinski definition) is 1. The predicted octanol–water partition coefficient (Wildman–Crippen LogP) is 3.52. The van der Waals surface area contributed by atoms with Crippen molar-refractivity contribution in [2.45, 2.75) is 52.6 Å². The van der Waals surface area contributed by atoms with Crippen molar-refractivity contribution in [2.75, 3.05) is 6.61 Å². The van der Waals surface area contributed by atoms with Gasteiger partial charge in [0.15, 0.2) is 0 Å². The van der Waals surface area contributed by atoms with Crippen molar-refractivity contribution >= 4 is 0 Å². The summed E-state index contributed by atoms with van der Waals surface area (Å²) in [5.41, 5.74) is 1.75. The summed E-state index contributed by atoms with van der Waals surface area (Å²) in [4.78, 5) is 0. The van der Waals surface area contributed by atoms with Crippen molar-refractivity contribution in [2.24, 2.45) is 0 Å². The molecule has 0 aromatic heterocycles. The fraction of sp³-hybridized carbons (Fsp3) is 0.600. The van der Waals surface area contributed by atoms with Crippen LogP contribution in [0.25, 0.3) is 0 Å². The molecule has 96 valence electrons. The van der Waals surface area contributed by atoms with Crippen LogP contribution in [0.2, 0.25) is 0 Å². The van der Waals surface area contributed by atoms with Crippen LogP contribution in [0.15, 0.2) is 18.2 Å². The monoisotopic (exact) mass is 236 g/mol. The molecule has 1 N–H and O–H groups in total. The zero-order valence-corrected chi connectivity index (χ0v) is 11.6. The maximum atomic E-state index is 9.66. The Labute approximate surface area is 105 Å². The molecule has 17 heavy (non-hydrogen) atoms. The van der Waals surface area contributed by atoms with Crippen LogP contribution >= 0.6 is 0 Å². The summed E-state index contributed by atoms with van der Waals surface area (Å²) in [6.45, 7) is 10.3. The van der Waals surface area contributed by atoms with Gasteiger partial charge < -0.3 is 9.84 Å². The van der Waals surface area contributed by atoms with E-state index < -0.39 is 5.60 Å². The lowest BCUT2D eigenvalue weighted by molar-refractivity contribution is 0.0282. The van der Waals surface area contributed by atoms with Gasteiger partial charge in [-0.3, -0.25) is 0 Å². The van der Waals surface area contributed by atoms with E-state index >= 15 is 0 Å². The minimum atomic E-state index is -0.790. The lowest BCUT2D eigenvalue weighted by Crippen LogP contribution is -2.28. The molecule has 0 unspecified atom stereocenters. The van der Waals surface area contributed by atoms with Gasteiger partial charge in [0.1, 0.15) is 12.4 Å². The maximum Gasteiger partial charge on any atom is 0.122 e. The van der Waals surface area contributed by atoms with Crippen LogP contribution in [0.4, 0.5) is 0 Å². The number of rotatable bonds is 5. The third-order valence-corrected chi connectivity index (χ3v) is 2.71. The van der Waals surface area contributed by atoms with Crippen LogP contribution in [0, 0.1) is 0 Å². The van der Waals surface area contributed by atoms with E-state index in [1.165, 1.54) is 11.1 Å². The molecule has 1 aromatic carbocycles. The van der Waals surface area contributed by atoms with E-state index in [4.69, 9.17) is 4.74 Å². The minimum absolute atomic E-state index is 0.320. The van der Waals surface area contributed by atoms with Gasteiger partial charge in [0.2, 0.25) is 0 Å². The molecule has 2 nitrogen and oxygen atoms in total. The molecule has 0 saturated carbocycles. The maximum absolute atomic E-state index is 9.66. The molecule has 1 aromatic rings. The van der Waals surface area contributed by atoms with E-state index in [9.17, 15) is 5.11 Å². The van der Waals surface area contributed by atoms with Crippen LogP contribution in [0.3, 0.4) is 0 Å². The number of aryl methyl sites for hydroxylation is 1. The molecule has 0 fully saturated rings. The second-order valence-corrected chi connectivity index (χ2v) is 5.48. The van der Waals surface area contributed by atoms with Crippen molar-refractivity contribution in [3.8, 4) is 5.75 Å². The Morgan fingerprint density at radius 3 is 2.41 bits per heavy atom. The lowest BCUT2D eigenvalue weighted by Gasteiger charge is -2.20. The smallest absolute Gasteiger partial charge is 0.122 e. The van der Waals surface area contributed by atoms with Crippen LogP contribution in [-0.2, 0) is 6.42 Å². The molecular formula is C15H24O2. The first-order valence-electron chi connectivity index (χ1n) is 6.31. The normalized spacial score (nSPS) is 11.9. The first-order chi connectivity index (χ1) is 7.83. The Morgan fingerprint density at radius 2 is 1.94 bits per heavy atom. The lowest BCUT2D eigenvalue weighted by atomic mass is 9.99. The Bertz CT molecular complexity index is 362. The van der Waals surface area contributed by atoms with E-state index in [2.05, 4.69) is 32.9 Å². The van der Waals surface area contributed by atoms with Crippen LogP contribution in [-0.4, -0.2) is 17.3 Å². The van der Waals surface area contributed by atoms with Crippen LogP contribution in [0.1, 0.15) is 51.7 Å². The zero-order valence-electron chi connectivity index (χ0n) is 11.6. The molecule has 0 radical (unpaired) electrons. The molecule has 0 heterocycles. The van der Waals surface area contributed by atoms with Crippen molar-refractivity contribution < 1.29 is 9.84 Å². The number of hydrogen-bond acceptors (Lipinski definition) is 2. The standard InChI is InChI=1S/C15H24O2/c1-6-12-9-13(11(2)3)7-8-14(12)17-10-15(4,5)16/h7-9,11,16H,6,10H2,1-5H3. The van der Waals surface area contributed by atoms with Crippen molar-refractivity contribution in [1.82, 2.24) is 0 Å². The molecule has 0 saturated heterocycles. The summed E-state index contributed by atoms with van der Waals surface area (Å²) in [7, 11) is 0. The highest BCUT2D eigenvalue weighted by Gasteiger charge is 2.14. The van der Waals surface area contributed by atoms with Crippen LogP contribution in [0.5, 0.6) is 5.75 Å². The molecule has 1 rings (SSSR count). The second kappa shape index (κ2) is 5.54. The fourth-order valence-electron chi connectivity index (χ4n) is 1.63. The minimum Gasteiger partial charge on any atom is -0.490 e. The fourth-order valence-corrected chi connectivity index (χ4v) is 1.63. The molecule has 0 aliphatic carbocycles. The molecule has 0 bridgehead atoms. The predicted molar refractivity (Wildman–Crippen MR) is 71.7 cm³/mol. The molecular weight excluding hydrogens is 212 g/mol. The average Bonchev–Trinajstić information content (AvgIpc) is 2.24. The van der Waals surface area contributed by atoms with E-state index in [1.54, 1.807) is 13.8 Å². The average molecular weight is 236 g/mol. The first kappa shape index (κ1) is 14.0. The summed E-state index contributed by atoms with van der Waals surface area (Å²) in [6.07, 6.45) is 0.946.